The van der Waals surface area contributed by atoms with Gasteiger partial charge in [-0.3, -0.25) is 9.69 Å². The molecule has 3 aromatic rings. The summed E-state index contributed by atoms with van der Waals surface area (Å²) >= 11 is 12.3. The van der Waals surface area contributed by atoms with Gasteiger partial charge in [-0.2, -0.15) is 9.78 Å². The molecule has 0 N–H and O–H groups in total. The Morgan fingerprint density at radius 1 is 1.06 bits per heavy atom. The number of ether oxygens (including phenoxy) is 1. The zero-order valence-corrected chi connectivity index (χ0v) is 18.4. The van der Waals surface area contributed by atoms with Gasteiger partial charge in [0.15, 0.2) is 0 Å². The minimum atomic E-state index is -0.381. The van der Waals surface area contributed by atoms with E-state index in [0.717, 1.165) is 18.7 Å². The van der Waals surface area contributed by atoms with Crippen molar-refractivity contribution in [2.45, 2.75) is 6.54 Å². The van der Waals surface area contributed by atoms with Crippen LogP contribution >= 0.6 is 23.2 Å². The van der Waals surface area contributed by atoms with Gasteiger partial charge in [0, 0.05) is 43.3 Å². The Labute approximate surface area is 189 Å². The predicted molar refractivity (Wildman–Crippen MR) is 120 cm³/mol. The molecular weight excluding hydrogens is 442 g/mol. The van der Waals surface area contributed by atoms with Gasteiger partial charge in [-0.05, 0) is 42.5 Å². The number of nitrogens with zero attached hydrogens (tertiary/aromatic N) is 4. The number of benzene rings is 2. The second-order valence-corrected chi connectivity index (χ2v) is 8.07. The Balaban J connectivity index is 1.47. The number of hydrogen-bond acceptors (Lipinski definition) is 5. The van der Waals surface area contributed by atoms with E-state index in [9.17, 15) is 9.18 Å². The molecule has 0 aliphatic carbocycles. The summed E-state index contributed by atoms with van der Waals surface area (Å²) in [5.41, 5.74) is 1.63. The molecule has 1 aliphatic rings. The first-order valence-electron chi connectivity index (χ1n) is 9.80. The number of halogens is 3. The van der Waals surface area contributed by atoms with Crippen molar-refractivity contribution >= 4 is 28.9 Å². The quantitative estimate of drug-likeness (QED) is 0.573. The Bertz CT molecular complexity index is 1130. The van der Waals surface area contributed by atoms with Crippen molar-refractivity contribution in [1.29, 1.82) is 0 Å². The third-order valence-corrected chi connectivity index (χ3v) is 5.93. The van der Waals surface area contributed by atoms with Crippen LogP contribution in [0.4, 0.5) is 10.1 Å². The molecule has 31 heavy (non-hydrogen) atoms. The molecule has 2 aromatic carbocycles. The number of rotatable bonds is 5. The third-order valence-electron chi connectivity index (χ3n) is 5.32. The average Bonchev–Trinajstić information content (AvgIpc) is 2.77. The van der Waals surface area contributed by atoms with Gasteiger partial charge in [0.2, 0.25) is 0 Å². The Hall–Kier alpha value is -2.61. The highest BCUT2D eigenvalue weighted by Gasteiger charge is 2.22. The van der Waals surface area contributed by atoms with Crippen LogP contribution in [-0.2, 0) is 6.54 Å². The summed E-state index contributed by atoms with van der Waals surface area (Å²) in [5, 5.41) is 5.00. The van der Waals surface area contributed by atoms with Gasteiger partial charge in [-0.1, -0.05) is 23.2 Å². The van der Waals surface area contributed by atoms with Crippen LogP contribution in [0.15, 0.2) is 53.5 Å². The summed E-state index contributed by atoms with van der Waals surface area (Å²) in [6.07, 6.45) is 1.61. The fourth-order valence-corrected chi connectivity index (χ4v) is 4.04. The summed E-state index contributed by atoms with van der Waals surface area (Å²) in [6.45, 7) is 3.39. The first-order chi connectivity index (χ1) is 15.0. The molecule has 1 aromatic heterocycles. The van der Waals surface area contributed by atoms with Crippen molar-refractivity contribution in [3.05, 3.63) is 80.4 Å². The smallest absolute Gasteiger partial charge is 0.292 e. The molecule has 0 saturated carbocycles. The van der Waals surface area contributed by atoms with Crippen LogP contribution in [0.5, 0.6) is 5.75 Å². The fourth-order valence-electron chi connectivity index (χ4n) is 3.67. The van der Waals surface area contributed by atoms with Crippen LogP contribution in [0.3, 0.4) is 0 Å². The van der Waals surface area contributed by atoms with Crippen molar-refractivity contribution in [3.63, 3.8) is 0 Å². The van der Waals surface area contributed by atoms with Crippen molar-refractivity contribution < 1.29 is 9.13 Å². The minimum Gasteiger partial charge on any atom is -0.496 e. The van der Waals surface area contributed by atoms with E-state index in [1.807, 2.05) is 4.90 Å². The van der Waals surface area contributed by atoms with E-state index in [4.69, 9.17) is 27.9 Å². The normalized spacial score (nSPS) is 14.6. The fraction of sp³-hybridized carbons (Fsp3) is 0.273. The zero-order valence-electron chi connectivity index (χ0n) is 16.9. The van der Waals surface area contributed by atoms with Gasteiger partial charge in [-0.15, -0.1) is 0 Å². The summed E-state index contributed by atoms with van der Waals surface area (Å²) in [4.78, 5) is 17.0. The van der Waals surface area contributed by atoms with Crippen molar-refractivity contribution in [3.8, 4) is 11.4 Å². The standard InChI is InChI=1S/C22H21Cl2FN4O2/c1-31-20-7-4-17(25)12-15(20)14-27-8-10-28(11-9-27)19-13-26-29(22(30)21(19)24)18-5-2-16(23)3-6-18/h2-7,12-13H,8-11,14H2,1H3. The van der Waals surface area contributed by atoms with Crippen LogP contribution in [0.2, 0.25) is 10.0 Å². The van der Waals surface area contributed by atoms with E-state index in [1.165, 1.54) is 16.8 Å². The first-order valence-corrected chi connectivity index (χ1v) is 10.6. The number of methoxy groups -OCH3 is 1. The second-order valence-electron chi connectivity index (χ2n) is 7.26. The molecule has 1 fully saturated rings. The molecule has 6 nitrogen and oxygen atoms in total. The van der Waals surface area contributed by atoms with E-state index >= 15 is 0 Å². The lowest BCUT2D eigenvalue weighted by molar-refractivity contribution is 0.245. The molecule has 2 heterocycles. The van der Waals surface area contributed by atoms with Crippen LogP contribution in [0.25, 0.3) is 5.69 Å². The Morgan fingerprint density at radius 3 is 2.45 bits per heavy atom. The zero-order chi connectivity index (χ0) is 22.0. The van der Waals surface area contributed by atoms with Crippen molar-refractivity contribution in [2.75, 3.05) is 38.2 Å². The molecule has 162 valence electrons. The number of piperazine rings is 1. The maximum atomic E-state index is 13.6. The SMILES string of the molecule is COc1ccc(F)cc1CN1CCN(c2cnn(-c3ccc(Cl)cc3)c(=O)c2Cl)CC1. The van der Waals surface area contributed by atoms with Crippen LogP contribution in [-0.4, -0.2) is 48.0 Å². The topological polar surface area (TPSA) is 50.6 Å². The molecule has 1 aliphatic heterocycles. The van der Waals surface area contributed by atoms with Gasteiger partial charge in [0.25, 0.3) is 5.56 Å². The van der Waals surface area contributed by atoms with Gasteiger partial charge < -0.3 is 9.64 Å². The molecule has 0 spiro atoms. The highest BCUT2D eigenvalue weighted by Crippen LogP contribution is 2.25. The van der Waals surface area contributed by atoms with E-state index in [2.05, 4.69) is 10.00 Å². The molecule has 0 amide bonds. The highest BCUT2D eigenvalue weighted by molar-refractivity contribution is 6.33. The molecular formula is C22H21Cl2FN4O2. The van der Waals surface area contributed by atoms with Gasteiger partial charge in [-0.25, -0.2) is 4.39 Å². The van der Waals surface area contributed by atoms with Crippen molar-refractivity contribution in [2.24, 2.45) is 0 Å². The molecule has 1 saturated heterocycles. The first kappa shape index (κ1) is 21.6. The molecule has 0 atom stereocenters. The molecule has 0 bridgehead atoms. The maximum Gasteiger partial charge on any atom is 0.292 e. The largest absolute Gasteiger partial charge is 0.496 e. The molecule has 0 radical (unpaired) electrons. The molecule has 9 heteroatoms. The van der Waals surface area contributed by atoms with E-state index < -0.39 is 0 Å². The van der Waals surface area contributed by atoms with Gasteiger partial charge >= 0.3 is 0 Å². The van der Waals surface area contributed by atoms with Crippen LogP contribution in [0, 0.1) is 5.82 Å². The van der Waals surface area contributed by atoms with Gasteiger partial charge in [0.1, 0.15) is 16.6 Å². The number of hydrogen-bond donors (Lipinski definition) is 0. The Kier molecular flexibility index (Phi) is 6.46. The summed E-state index contributed by atoms with van der Waals surface area (Å²) in [7, 11) is 1.58. The van der Waals surface area contributed by atoms with Crippen LogP contribution in [0.1, 0.15) is 5.56 Å². The van der Waals surface area contributed by atoms with E-state index in [1.54, 1.807) is 43.6 Å². The summed E-state index contributed by atoms with van der Waals surface area (Å²) in [6, 6.07) is 11.4. The van der Waals surface area contributed by atoms with Gasteiger partial charge in [0.05, 0.1) is 24.7 Å². The second kappa shape index (κ2) is 9.26. The lowest BCUT2D eigenvalue weighted by Gasteiger charge is -2.36. The number of anilines is 1. The summed E-state index contributed by atoms with van der Waals surface area (Å²) in [5.74, 6) is 0.385. The van der Waals surface area contributed by atoms with E-state index in [-0.39, 0.29) is 16.4 Å². The monoisotopic (exact) mass is 462 g/mol. The lowest BCUT2D eigenvalue weighted by Crippen LogP contribution is -2.46. The minimum absolute atomic E-state index is 0.130. The lowest BCUT2D eigenvalue weighted by atomic mass is 10.1. The summed E-state index contributed by atoms with van der Waals surface area (Å²) < 4.78 is 20.2. The average molecular weight is 463 g/mol. The Morgan fingerprint density at radius 2 is 1.77 bits per heavy atom. The number of aromatic nitrogens is 2. The maximum absolute atomic E-state index is 13.6. The molecule has 0 unspecified atom stereocenters. The molecule has 4 rings (SSSR count). The highest BCUT2D eigenvalue weighted by atomic mass is 35.5. The van der Waals surface area contributed by atoms with Crippen LogP contribution < -0.4 is 15.2 Å². The predicted octanol–water partition coefficient (Wildman–Crippen LogP) is 4.01. The van der Waals surface area contributed by atoms with Crippen molar-refractivity contribution in [1.82, 2.24) is 14.7 Å². The third kappa shape index (κ3) is 4.69. The van der Waals surface area contributed by atoms with E-state index in [0.29, 0.717) is 41.8 Å².